The molecule has 0 radical (unpaired) electrons. The summed E-state index contributed by atoms with van der Waals surface area (Å²) in [6.07, 6.45) is 4.33. The second kappa shape index (κ2) is 6.48. The third-order valence-corrected chi connectivity index (χ3v) is 4.61. The Morgan fingerprint density at radius 1 is 1.27 bits per heavy atom. The van der Waals surface area contributed by atoms with Gasteiger partial charge in [0.05, 0.1) is 6.54 Å². The zero-order chi connectivity index (χ0) is 15.5. The summed E-state index contributed by atoms with van der Waals surface area (Å²) in [7, 11) is 0. The summed E-state index contributed by atoms with van der Waals surface area (Å²) in [6.45, 7) is 4.07. The lowest BCUT2D eigenvalue weighted by molar-refractivity contribution is -0.131. The number of carbonyl (C=O) groups excluding carboxylic acids is 2. The molecule has 0 aliphatic carbocycles. The van der Waals surface area contributed by atoms with E-state index in [-0.39, 0.29) is 17.5 Å². The highest BCUT2D eigenvalue weighted by atomic mass is 16.2. The standard InChI is InChI=1S/C15H23N5O2/c16-15(22)13-8-12(17-18-13)11-4-3-5-19(9-11)10-14(21)20-6-1-2-7-20/h8,11H,1-7,9-10H2,(H2,16,22)(H,17,18)/t11-/m1/s1. The van der Waals surface area contributed by atoms with Crippen molar-refractivity contribution in [3.63, 3.8) is 0 Å². The highest BCUT2D eigenvalue weighted by molar-refractivity contribution is 5.90. The van der Waals surface area contributed by atoms with Crippen LogP contribution in [0.2, 0.25) is 0 Å². The number of nitrogens with one attached hydrogen (secondary N) is 1. The number of likely N-dealkylation sites (tertiary alicyclic amines) is 2. The fourth-order valence-electron chi connectivity index (χ4n) is 3.38. The van der Waals surface area contributed by atoms with Crippen LogP contribution in [0.5, 0.6) is 0 Å². The molecule has 2 aliphatic rings. The number of carbonyl (C=O) groups is 2. The number of nitrogens with two attached hydrogens (primary N) is 1. The van der Waals surface area contributed by atoms with Crippen LogP contribution in [0.3, 0.4) is 0 Å². The Kier molecular flexibility index (Phi) is 4.42. The summed E-state index contributed by atoms with van der Waals surface area (Å²) in [4.78, 5) is 27.6. The van der Waals surface area contributed by atoms with Crippen LogP contribution in [0, 0.1) is 0 Å². The predicted octanol–water partition coefficient (Wildman–Crippen LogP) is 0.310. The first kappa shape index (κ1) is 15.0. The third kappa shape index (κ3) is 3.30. The van der Waals surface area contributed by atoms with Crippen molar-refractivity contribution >= 4 is 11.8 Å². The SMILES string of the molecule is NC(=O)c1cc([C@@H]2CCCN(CC(=O)N3CCCC3)C2)[nH]n1. The molecule has 2 saturated heterocycles. The second-order valence-electron chi connectivity index (χ2n) is 6.23. The molecule has 7 nitrogen and oxygen atoms in total. The van der Waals surface area contributed by atoms with Crippen LogP contribution in [-0.4, -0.2) is 64.5 Å². The highest BCUT2D eigenvalue weighted by Gasteiger charge is 2.26. The van der Waals surface area contributed by atoms with E-state index >= 15 is 0 Å². The predicted molar refractivity (Wildman–Crippen MR) is 81.3 cm³/mol. The van der Waals surface area contributed by atoms with Crippen LogP contribution in [0.25, 0.3) is 0 Å². The van der Waals surface area contributed by atoms with Gasteiger partial charge in [0.25, 0.3) is 5.91 Å². The molecule has 2 amide bonds. The summed E-state index contributed by atoms with van der Waals surface area (Å²) < 4.78 is 0. The van der Waals surface area contributed by atoms with Crippen LogP contribution in [0.1, 0.15) is 47.8 Å². The van der Waals surface area contributed by atoms with Gasteiger partial charge in [0.1, 0.15) is 5.69 Å². The van der Waals surface area contributed by atoms with Crippen LogP contribution < -0.4 is 5.73 Å². The minimum atomic E-state index is -0.514. The Balaban J connectivity index is 1.58. The summed E-state index contributed by atoms with van der Waals surface area (Å²) in [5, 5.41) is 6.86. The number of nitrogens with zero attached hydrogens (tertiary/aromatic N) is 3. The Bertz CT molecular complexity index is 550. The zero-order valence-corrected chi connectivity index (χ0v) is 12.8. The first-order chi connectivity index (χ1) is 10.6. The monoisotopic (exact) mass is 305 g/mol. The van der Waals surface area contributed by atoms with Gasteiger partial charge < -0.3 is 10.6 Å². The van der Waals surface area contributed by atoms with Gasteiger partial charge in [-0.25, -0.2) is 0 Å². The molecule has 120 valence electrons. The van der Waals surface area contributed by atoms with Crippen molar-refractivity contribution in [2.45, 2.75) is 31.6 Å². The van der Waals surface area contributed by atoms with Gasteiger partial charge in [-0.2, -0.15) is 5.10 Å². The molecule has 1 atom stereocenters. The van der Waals surface area contributed by atoms with Gasteiger partial charge in [-0.15, -0.1) is 0 Å². The molecular weight excluding hydrogens is 282 g/mol. The average molecular weight is 305 g/mol. The molecule has 0 saturated carbocycles. The van der Waals surface area contributed by atoms with Crippen molar-refractivity contribution in [2.24, 2.45) is 5.73 Å². The number of piperidine rings is 1. The molecule has 22 heavy (non-hydrogen) atoms. The Hall–Kier alpha value is -1.89. The second-order valence-corrected chi connectivity index (χ2v) is 6.23. The van der Waals surface area contributed by atoms with Crippen molar-refractivity contribution < 1.29 is 9.59 Å². The summed E-state index contributed by atoms with van der Waals surface area (Å²) in [6, 6.07) is 1.73. The van der Waals surface area contributed by atoms with E-state index < -0.39 is 5.91 Å². The number of H-pyrrole nitrogens is 1. The molecule has 0 unspecified atom stereocenters. The van der Waals surface area contributed by atoms with Crippen LogP contribution in [-0.2, 0) is 4.79 Å². The number of primary amides is 1. The van der Waals surface area contributed by atoms with Crippen molar-refractivity contribution in [1.82, 2.24) is 20.0 Å². The van der Waals surface area contributed by atoms with Gasteiger partial charge in [0.15, 0.2) is 0 Å². The van der Waals surface area contributed by atoms with E-state index in [4.69, 9.17) is 5.73 Å². The maximum absolute atomic E-state index is 12.3. The van der Waals surface area contributed by atoms with E-state index in [1.807, 2.05) is 4.90 Å². The van der Waals surface area contributed by atoms with Gasteiger partial charge >= 0.3 is 0 Å². The Labute approximate surface area is 129 Å². The van der Waals surface area contributed by atoms with Crippen molar-refractivity contribution in [3.05, 3.63) is 17.5 Å². The number of rotatable bonds is 4. The molecule has 1 aromatic rings. The molecule has 3 N–H and O–H groups in total. The quantitative estimate of drug-likeness (QED) is 0.837. The molecule has 0 bridgehead atoms. The fourth-order valence-corrected chi connectivity index (χ4v) is 3.38. The molecular formula is C15H23N5O2. The van der Waals surface area contributed by atoms with Gasteiger partial charge in [-0.3, -0.25) is 19.6 Å². The zero-order valence-electron chi connectivity index (χ0n) is 12.8. The Morgan fingerprint density at radius 3 is 2.73 bits per heavy atom. The molecule has 0 aromatic carbocycles. The van der Waals surface area contributed by atoms with E-state index in [0.717, 1.165) is 57.6 Å². The molecule has 2 fully saturated rings. The average Bonchev–Trinajstić information content (AvgIpc) is 3.19. The lowest BCUT2D eigenvalue weighted by Crippen LogP contribution is -2.43. The largest absolute Gasteiger partial charge is 0.364 e. The molecule has 3 heterocycles. The van der Waals surface area contributed by atoms with Crippen molar-refractivity contribution in [1.29, 1.82) is 0 Å². The Morgan fingerprint density at radius 2 is 2.05 bits per heavy atom. The molecule has 1 aromatic heterocycles. The number of amides is 2. The highest BCUT2D eigenvalue weighted by Crippen LogP contribution is 2.26. The minimum Gasteiger partial charge on any atom is -0.364 e. The van der Waals surface area contributed by atoms with Crippen LogP contribution in [0.15, 0.2) is 6.07 Å². The normalized spacial score (nSPS) is 22.9. The summed E-state index contributed by atoms with van der Waals surface area (Å²) >= 11 is 0. The molecule has 3 rings (SSSR count). The van der Waals surface area contributed by atoms with Gasteiger partial charge in [-0.1, -0.05) is 0 Å². The third-order valence-electron chi connectivity index (χ3n) is 4.61. The topological polar surface area (TPSA) is 95.3 Å². The van der Waals surface area contributed by atoms with E-state index in [0.29, 0.717) is 6.54 Å². The summed E-state index contributed by atoms with van der Waals surface area (Å²) in [5.74, 6) is 0.000639. The van der Waals surface area contributed by atoms with E-state index in [9.17, 15) is 9.59 Å². The minimum absolute atomic E-state index is 0.237. The van der Waals surface area contributed by atoms with Gasteiger partial charge in [0, 0.05) is 31.2 Å². The van der Waals surface area contributed by atoms with Crippen LogP contribution in [0.4, 0.5) is 0 Å². The first-order valence-corrected chi connectivity index (χ1v) is 7.98. The maximum Gasteiger partial charge on any atom is 0.269 e. The maximum atomic E-state index is 12.3. The molecule has 7 heteroatoms. The first-order valence-electron chi connectivity index (χ1n) is 7.98. The van der Waals surface area contributed by atoms with Crippen molar-refractivity contribution in [2.75, 3.05) is 32.7 Å². The van der Waals surface area contributed by atoms with E-state index in [1.54, 1.807) is 6.07 Å². The van der Waals surface area contributed by atoms with E-state index in [1.165, 1.54) is 0 Å². The van der Waals surface area contributed by atoms with Gasteiger partial charge in [0.2, 0.25) is 5.91 Å². The number of hydrogen-bond donors (Lipinski definition) is 2. The number of hydrogen-bond acceptors (Lipinski definition) is 4. The van der Waals surface area contributed by atoms with Crippen molar-refractivity contribution in [3.8, 4) is 0 Å². The lowest BCUT2D eigenvalue weighted by atomic mass is 9.94. The van der Waals surface area contributed by atoms with Gasteiger partial charge in [-0.05, 0) is 38.3 Å². The lowest BCUT2D eigenvalue weighted by Gasteiger charge is -2.32. The number of aromatic nitrogens is 2. The fraction of sp³-hybridized carbons (Fsp3) is 0.667. The number of aromatic amines is 1. The van der Waals surface area contributed by atoms with E-state index in [2.05, 4.69) is 15.1 Å². The van der Waals surface area contributed by atoms with Crippen LogP contribution >= 0.6 is 0 Å². The summed E-state index contributed by atoms with van der Waals surface area (Å²) in [5.41, 5.74) is 6.45. The molecule has 0 spiro atoms. The molecule has 2 aliphatic heterocycles. The smallest absolute Gasteiger partial charge is 0.269 e.